The summed E-state index contributed by atoms with van der Waals surface area (Å²) in [6.07, 6.45) is 0.872. The highest BCUT2D eigenvalue weighted by atomic mass is 16.5. The molecule has 1 aromatic carbocycles. The van der Waals surface area contributed by atoms with Gasteiger partial charge in [0.15, 0.2) is 0 Å². The number of nitrogens with zero attached hydrogens (tertiary/aromatic N) is 2. The topological polar surface area (TPSA) is 62.3 Å². The molecule has 1 aromatic heterocycles. The lowest BCUT2D eigenvalue weighted by Crippen LogP contribution is -2.11. The molecule has 0 aliphatic carbocycles. The first-order chi connectivity index (χ1) is 10.2. The van der Waals surface area contributed by atoms with Crippen LogP contribution in [0, 0.1) is 13.8 Å². The van der Waals surface area contributed by atoms with Crippen molar-refractivity contribution in [1.82, 2.24) is 9.78 Å². The van der Waals surface area contributed by atoms with Crippen LogP contribution in [0.3, 0.4) is 0 Å². The summed E-state index contributed by atoms with van der Waals surface area (Å²) in [6, 6.07) is 7.58. The van der Waals surface area contributed by atoms with Crippen molar-refractivity contribution in [2.45, 2.75) is 26.8 Å². The average molecular weight is 289 g/mol. The molecular formula is C16H23N3O2. The minimum atomic E-state index is 0.580. The maximum Gasteiger partial charge on any atom is 0.119 e. The fraction of sp³-hybridized carbons (Fsp3) is 0.438. The molecule has 0 saturated heterocycles. The molecule has 2 aromatic rings. The van der Waals surface area contributed by atoms with Crippen molar-refractivity contribution in [3.63, 3.8) is 0 Å². The molecule has 0 unspecified atom stereocenters. The predicted octanol–water partition coefficient (Wildman–Crippen LogP) is 2.09. The van der Waals surface area contributed by atoms with Gasteiger partial charge in [0.05, 0.1) is 19.3 Å². The van der Waals surface area contributed by atoms with E-state index in [4.69, 9.17) is 15.2 Å². The van der Waals surface area contributed by atoms with E-state index in [2.05, 4.69) is 12.0 Å². The van der Waals surface area contributed by atoms with Gasteiger partial charge in [-0.2, -0.15) is 5.10 Å². The molecule has 2 rings (SSSR count). The predicted molar refractivity (Wildman–Crippen MR) is 82.9 cm³/mol. The van der Waals surface area contributed by atoms with Gasteiger partial charge < -0.3 is 15.2 Å². The first-order valence-electron chi connectivity index (χ1n) is 7.15. The number of rotatable bonds is 7. The van der Waals surface area contributed by atoms with Crippen molar-refractivity contribution in [2.24, 2.45) is 5.73 Å². The molecule has 0 bridgehead atoms. The summed E-state index contributed by atoms with van der Waals surface area (Å²) in [5, 5.41) is 4.55. The van der Waals surface area contributed by atoms with Gasteiger partial charge in [0.25, 0.3) is 0 Å². The summed E-state index contributed by atoms with van der Waals surface area (Å²) in [4.78, 5) is 0. The fourth-order valence-electron chi connectivity index (χ4n) is 2.38. The molecule has 0 spiro atoms. The average Bonchev–Trinajstić information content (AvgIpc) is 2.76. The van der Waals surface area contributed by atoms with E-state index >= 15 is 0 Å². The van der Waals surface area contributed by atoms with Crippen molar-refractivity contribution in [3.05, 3.63) is 41.2 Å². The molecule has 0 fully saturated rings. The van der Waals surface area contributed by atoms with Gasteiger partial charge in [-0.3, -0.25) is 4.68 Å². The van der Waals surface area contributed by atoms with Gasteiger partial charge in [-0.15, -0.1) is 0 Å². The van der Waals surface area contributed by atoms with Crippen molar-refractivity contribution < 1.29 is 9.47 Å². The van der Waals surface area contributed by atoms with Crippen LogP contribution in [0.25, 0.3) is 0 Å². The summed E-state index contributed by atoms with van der Waals surface area (Å²) in [5.74, 6) is 1.66. The molecule has 0 saturated carbocycles. The van der Waals surface area contributed by atoms with E-state index in [-0.39, 0.29) is 0 Å². The zero-order valence-electron chi connectivity index (χ0n) is 12.9. The molecule has 0 radical (unpaired) electrons. The maximum atomic E-state index is 5.73. The smallest absolute Gasteiger partial charge is 0.119 e. The number of hydrogen-bond donors (Lipinski definition) is 1. The molecule has 5 nitrogen and oxygen atoms in total. The molecule has 1 heterocycles. The Bertz CT molecular complexity index is 576. The Hall–Kier alpha value is -2.01. The SMILES string of the molecule is COc1ccc(OCCn2nc(C)c(CCN)c2C)cc1. The van der Waals surface area contributed by atoms with Crippen LogP contribution in [0.5, 0.6) is 11.5 Å². The minimum Gasteiger partial charge on any atom is -0.497 e. The van der Waals surface area contributed by atoms with Gasteiger partial charge in [0.1, 0.15) is 18.1 Å². The zero-order valence-corrected chi connectivity index (χ0v) is 12.9. The number of hydrogen-bond acceptors (Lipinski definition) is 4. The second kappa shape index (κ2) is 7.13. The lowest BCUT2D eigenvalue weighted by atomic mass is 10.1. The van der Waals surface area contributed by atoms with E-state index in [0.29, 0.717) is 13.2 Å². The Morgan fingerprint density at radius 2 is 1.81 bits per heavy atom. The highest BCUT2D eigenvalue weighted by Gasteiger charge is 2.10. The molecule has 0 aliphatic rings. The van der Waals surface area contributed by atoms with Gasteiger partial charge >= 0.3 is 0 Å². The monoisotopic (exact) mass is 289 g/mol. The Balaban J connectivity index is 1.92. The third-order valence-electron chi connectivity index (χ3n) is 3.56. The largest absolute Gasteiger partial charge is 0.497 e. The van der Waals surface area contributed by atoms with Crippen LogP contribution in [0.4, 0.5) is 0 Å². The first-order valence-corrected chi connectivity index (χ1v) is 7.15. The molecule has 114 valence electrons. The fourth-order valence-corrected chi connectivity index (χ4v) is 2.38. The molecule has 5 heteroatoms. The quantitative estimate of drug-likeness (QED) is 0.848. The third kappa shape index (κ3) is 3.76. The van der Waals surface area contributed by atoms with Gasteiger partial charge in [-0.1, -0.05) is 0 Å². The van der Waals surface area contributed by atoms with Crippen LogP contribution < -0.4 is 15.2 Å². The third-order valence-corrected chi connectivity index (χ3v) is 3.56. The Morgan fingerprint density at radius 1 is 1.14 bits per heavy atom. The number of ether oxygens (including phenoxy) is 2. The van der Waals surface area contributed by atoms with E-state index in [9.17, 15) is 0 Å². The number of aryl methyl sites for hydroxylation is 1. The molecule has 0 aliphatic heterocycles. The standard InChI is InChI=1S/C16H23N3O2/c1-12-16(8-9-17)13(2)19(18-12)10-11-21-15-6-4-14(20-3)5-7-15/h4-7H,8-11,17H2,1-3H3. The molecule has 2 N–H and O–H groups in total. The van der Waals surface area contributed by atoms with Crippen LogP contribution in [0.1, 0.15) is 17.0 Å². The van der Waals surface area contributed by atoms with Gasteiger partial charge in [0, 0.05) is 5.69 Å². The van der Waals surface area contributed by atoms with Crippen molar-refractivity contribution in [1.29, 1.82) is 0 Å². The summed E-state index contributed by atoms with van der Waals surface area (Å²) in [6.45, 7) is 6.06. The van der Waals surface area contributed by atoms with Crippen LogP contribution >= 0.6 is 0 Å². The number of methoxy groups -OCH3 is 1. The highest BCUT2D eigenvalue weighted by molar-refractivity contribution is 5.31. The summed E-state index contributed by atoms with van der Waals surface area (Å²) < 4.78 is 12.8. The van der Waals surface area contributed by atoms with Crippen molar-refractivity contribution in [2.75, 3.05) is 20.3 Å². The van der Waals surface area contributed by atoms with E-state index in [1.54, 1.807) is 7.11 Å². The number of nitrogens with two attached hydrogens (primary N) is 1. The Kier molecular flexibility index (Phi) is 5.22. The Labute approximate surface area is 125 Å². The second-order valence-electron chi connectivity index (χ2n) is 4.94. The second-order valence-corrected chi connectivity index (χ2v) is 4.94. The molecule has 0 amide bonds. The van der Waals surface area contributed by atoms with Crippen LogP contribution in [-0.4, -0.2) is 30.0 Å². The minimum absolute atomic E-state index is 0.580. The Morgan fingerprint density at radius 3 is 2.43 bits per heavy atom. The number of benzene rings is 1. The first kappa shape index (κ1) is 15.4. The summed E-state index contributed by atoms with van der Waals surface area (Å²) in [7, 11) is 1.65. The van der Waals surface area contributed by atoms with E-state index in [1.165, 1.54) is 11.3 Å². The summed E-state index contributed by atoms with van der Waals surface area (Å²) in [5.41, 5.74) is 9.12. The molecule has 0 atom stereocenters. The highest BCUT2D eigenvalue weighted by Crippen LogP contribution is 2.17. The lowest BCUT2D eigenvalue weighted by molar-refractivity contribution is 0.289. The van der Waals surface area contributed by atoms with Gasteiger partial charge in [-0.05, 0) is 56.6 Å². The van der Waals surface area contributed by atoms with E-state index in [0.717, 1.165) is 30.2 Å². The van der Waals surface area contributed by atoms with Gasteiger partial charge in [0.2, 0.25) is 0 Å². The van der Waals surface area contributed by atoms with E-state index in [1.807, 2.05) is 35.9 Å². The normalized spacial score (nSPS) is 10.7. The van der Waals surface area contributed by atoms with Crippen LogP contribution in [0.2, 0.25) is 0 Å². The van der Waals surface area contributed by atoms with Gasteiger partial charge in [-0.25, -0.2) is 0 Å². The van der Waals surface area contributed by atoms with Crippen molar-refractivity contribution in [3.8, 4) is 11.5 Å². The van der Waals surface area contributed by atoms with Crippen LogP contribution in [-0.2, 0) is 13.0 Å². The maximum absolute atomic E-state index is 5.73. The lowest BCUT2D eigenvalue weighted by Gasteiger charge is -2.08. The van der Waals surface area contributed by atoms with Crippen molar-refractivity contribution >= 4 is 0 Å². The molecule has 21 heavy (non-hydrogen) atoms. The molecular weight excluding hydrogens is 266 g/mol. The summed E-state index contributed by atoms with van der Waals surface area (Å²) >= 11 is 0. The van der Waals surface area contributed by atoms with Crippen LogP contribution in [0.15, 0.2) is 24.3 Å². The van der Waals surface area contributed by atoms with E-state index < -0.39 is 0 Å². The zero-order chi connectivity index (χ0) is 15.2. The number of aromatic nitrogens is 2.